The fourth-order valence-electron chi connectivity index (χ4n) is 3.35. The lowest BCUT2D eigenvalue weighted by Gasteiger charge is -2.17. The first kappa shape index (κ1) is 22.3. The van der Waals surface area contributed by atoms with Crippen molar-refractivity contribution in [3.8, 4) is 5.75 Å². The Labute approximate surface area is 182 Å². The average molecular weight is 424 g/mol. The molecule has 0 spiro atoms. The van der Waals surface area contributed by atoms with Gasteiger partial charge in [-0.2, -0.15) is 0 Å². The Bertz CT molecular complexity index is 940. The maximum atomic E-state index is 12.4. The normalized spacial score (nSPS) is 15.8. The molecule has 1 aliphatic rings. The van der Waals surface area contributed by atoms with Crippen molar-refractivity contribution < 1.29 is 19.1 Å². The van der Waals surface area contributed by atoms with Crippen LogP contribution in [-0.2, 0) is 14.4 Å². The van der Waals surface area contributed by atoms with Gasteiger partial charge in [-0.3, -0.25) is 14.4 Å². The molecule has 2 aromatic carbocycles. The molecule has 2 N–H and O–H groups in total. The molecule has 7 heteroatoms. The fourth-order valence-corrected chi connectivity index (χ4v) is 3.35. The number of carbonyl (C=O) groups excluding carboxylic acids is 3. The third-order valence-electron chi connectivity index (χ3n) is 5.12. The van der Waals surface area contributed by atoms with Crippen molar-refractivity contribution in [3.63, 3.8) is 0 Å². The van der Waals surface area contributed by atoms with Gasteiger partial charge in [-0.05, 0) is 48.7 Å². The maximum absolute atomic E-state index is 12.4. The molecule has 1 saturated heterocycles. The summed E-state index contributed by atoms with van der Waals surface area (Å²) in [6.07, 6.45) is 0.210. The largest absolute Gasteiger partial charge is 0.484 e. The second-order valence-corrected chi connectivity index (χ2v) is 8.19. The molecule has 0 aromatic heterocycles. The van der Waals surface area contributed by atoms with E-state index >= 15 is 0 Å². The summed E-state index contributed by atoms with van der Waals surface area (Å²) in [4.78, 5) is 38.4. The van der Waals surface area contributed by atoms with Crippen molar-refractivity contribution in [2.24, 2.45) is 11.8 Å². The number of benzene rings is 2. The van der Waals surface area contributed by atoms with E-state index in [4.69, 9.17) is 4.74 Å². The lowest BCUT2D eigenvalue weighted by molar-refractivity contribution is -0.126. The minimum atomic E-state index is -0.340. The van der Waals surface area contributed by atoms with Crippen molar-refractivity contribution in [1.29, 1.82) is 0 Å². The van der Waals surface area contributed by atoms with Crippen LogP contribution in [0.4, 0.5) is 11.4 Å². The minimum absolute atomic E-state index is 0.0732. The van der Waals surface area contributed by atoms with Gasteiger partial charge in [-0.1, -0.05) is 32.0 Å². The first-order valence-electron chi connectivity index (χ1n) is 10.5. The van der Waals surface area contributed by atoms with E-state index in [1.165, 1.54) is 0 Å². The Morgan fingerprint density at radius 1 is 1.13 bits per heavy atom. The zero-order valence-electron chi connectivity index (χ0n) is 18.2. The second kappa shape index (κ2) is 10.1. The van der Waals surface area contributed by atoms with Gasteiger partial charge in [0.1, 0.15) is 5.75 Å². The van der Waals surface area contributed by atoms with Gasteiger partial charge in [-0.25, -0.2) is 0 Å². The number of hydrogen-bond donors (Lipinski definition) is 2. The molecular formula is C24H29N3O4. The molecule has 7 nitrogen and oxygen atoms in total. The van der Waals surface area contributed by atoms with E-state index in [1.807, 2.05) is 45.0 Å². The SMILES string of the molecule is Cc1ccccc1NC(=O)COc1ccc(N2C[C@@H](C(=O)NCC(C)C)CC2=O)cc1. The summed E-state index contributed by atoms with van der Waals surface area (Å²) in [6, 6.07) is 14.5. The number of anilines is 2. The van der Waals surface area contributed by atoms with Crippen LogP contribution in [0.1, 0.15) is 25.8 Å². The van der Waals surface area contributed by atoms with Crippen molar-refractivity contribution >= 4 is 29.1 Å². The monoisotopic (exact) mass is 423 g/mol. The fraction of sp³-hybridized carbons (Fsp3) is 0.375. The van der Waals surface area contributed by atoms with Crippen LogP contribution in [0.25, 0.3) is 0 Å². The average Bonchev–Trinajstić information content (AvgIpc) is 3.14. The third kappa shape index (κ3) is 6.07. The number of ether oxygens (including phenoxy) is 1. The van der Waals surface area contributed by atoms with E-state index in [0.29, 0.717) is 30.4 Å². The van der Waals surface area contributed by atoms with Crippen molar-refractivity contribution in [3.05, 3.63) is 54.1 Å². The molecule has 3 rings (SSSR count). The van der Waals surface area contributed by atoms with E-state index in [0.717, 1.165) is 11.3 Å². The molecule has 31 heavy (non-hydrogen) atoms. The lowest BCUT2D eigenvalue weighted by Crippen LogP contribution is -2.35. The summed E-state index contributed by atoms with van der Waals surface area (Å²) < 4.78 is 5.56. The van der Waals surface area contributed by atoms with Crippen LogP contribution in [-0.4, -0.2) is 37.4 Å². The van der Waals surface area contributed by atoms with Gasteiger partial charge in [0.05, 0.1) is 5.92 Å². The van der Waals surface area contributed by atoms with Crippen molar-refractivity contribution in [1.82, 2.24) is 5.32 Å². The van der Waals surface area contributed by atoms with Gasteiger partial charge >= 0.3 is 0 Å². The molecule has 1 aliphatic heterocycles. The van der Waals surface area contributed by atoms with Gasteiger partial charge in [-0.15, -0.1) is 0 Å². The van der Waals surface area contributed by atoms with Crippen LogP contribution >= 0.6 is 0 Å². The van der Waals surface area contributed by atoms with Crippen molar-refractivity contribution in [2.75, 3.05) is 29.9 Å². The minimum Gasteiger partial charge on any atom is -0.484 e. The predicted octanol–water partition coefficient (Wildman–Crippen LogP) is 3.14. The number of rotatable bonds is 8. The number of amides is 3. The molecule has 0 radical (unpaired) electrons. The van der Waals surface area contributed by atoms with Crippen LogP contribution in [0.5, 0.6) is 5.75 Å². The standard InChI is InChI=1S/C24H29N3O4/c1-16(2)13-25-24(30)18-12-23(29)27(14-18)19-8-10-20(11-9-19)31-15-22(28)26-21-7-5-4-6-17(21)3/h4-11,16,18H,12-15H2,1-3H3,(H,25,30)(H,26,28)/t18-/m0/s1. The van der Waals surface area contributed by atoms with Crippen LogP contribution < -0.4 is 20.3 Å². The van der Waals surface area contributed by atoms with Gasteiger partial charge in [0, 0.05) is 30.9 Å². The summed E-state index contributed by atoms with van der Waals surface area (Å²) >= 11 is 0. The summed E-state index contributed by atoms with van der Waals surface area (Å²) in [5.41, 5.74) is 2.44. The predicted molar refractivity (Wildman–Crippen MR) is 120 cm³/mol. The van der Waals surface area contributed by atoms with E-state index in [-0.39, 0.29) is 36.7 Å². The molecule has 1 heterocycles. The molecule has 0 bridgehead atoms. The molecule has 1 atom stereocenters. The summed E-state index contributed by atoms with van der Waals surface area (Å²) in [7, 11) is 0. The highest BCUT2D eigenvalue weighted by molar-refractivity contribution is 6.00. The Kier molecular flexibility index (Phi) is 7.28. The first-order valence-corrected chi connectivity index (χ1v) is 10.5. The molecule has 3 amide bonds. The van der Waals surface area contributed by atoms with Crippen molar-refractivity contribution in [2.45, 2.75) is 27.2 Å². The van der Waals surface area contributed by atoms with Crippen LogP contribution in [0.2, 0.25) is 0 Å². The molecule has 0 aliphatic carbocycles. The quantitative estimate of drug-likeness (QED) is 0.683. The molecule has 164 valence electrons. The highest BCUT2D eigenvalue weighted by Crippen LogP contribution is 2.27. The summed E-state index contributed by atoms with van der Waals surface area (Å²) in [5.74, 6) is 0.154. The number of carbonyl (C=O) groups is 3. The molecule has 2 aromatic rings. The summed E-state index contributed by atoms with van der Waals surface area (Å²) in [6.45, 7) is 6.83. The molecular weight excluding hydrogens is 394 g/mol. The number of para-hydroxylation sites is 1. The zero-order chi connectivity index (χ0) is 22.4. The third-order valence-corrected chi connectivity index (χ3v) is 5.12. The van der Waals surface area contributed by atoms with E-state index in [2.05, 4.69) is 10.6 Å². The van der Waals surface area contributed by atoms with E-state index in [1.54, 1.807) is 29.2 Å². The Hall–Kier alpha value is -3.35. The number of aryl methyl sites for hydroxylation is 1. The Morgan fingerprint density at radius 2 is 1.84 bits per heavy atom. The van der Waals surface area contributed by atoms with Crippen LogP contribution in [0.15, 0.2) is 48.5 Å². The first-order chi connectivity index (χ1) is 14.8. The Balaban J connectivity index is 1.51. The highest BCUT2D eigenvalue weighted by atomic mass is 16.5. The van der Waals surface area contributed by atoms with Crippen LogP contribution in [0.3, 0.4) is 0 Å². The molecule has 0 saturated carbocycles. The second-order valence-electron chi connectivity index (χ2n) is 8.19. The van der Waals surface area contributed by atoms with E-state index in [9.17, 15) is 14.4 Å². The van der Waals surface area contributed by atoms with Gasteiger partial charge in [0.25, 0.3) is 5.91 Å². The van der Waals surface area contributed by atoms with Gasteiger partial charge in [0.2, 0.25) is 11.8 Å². The van der Waals surface area contributed by atoms with Gasteiger partial charge < -0.3 is 20.3 Å². The number of nitrogens with one attached hydrogen (secondary N) is 2. The van der Waals surface area contributed by atoms with Gasteiger partial charge in [0.15, 0.2) is 6.61 Å². The van der Waals surface area contributed by atoms with E-state index < -0.39 is 0 Å². The zero-order valence-corrected chi connectivity index (χ0v) is 18.2. The Morgan fingerprint density at radius 3 is 2.52 bits per heavy atom. The lowest BCUT2D eigenvalue weighted by atomic mass is 10.1. The maximum Gasteiger partial charge on any atom is 0.262 e. The smallest absolute Gasteiger partial charge is 0.262 e. The highest BCUT2D eigenvalue weighted by Gasteiger charge is 2.35. The van der Waals surface area contributed by atoms with Crippen LogP contribution in [0, 0.1) is 18.8 Å². The number of hydrogen-bond acceptors (Lipinski definition) is 4. The molecule has 1 fully saturated rings. The topological polar surface area (TPSA) is 87.7 Å². The summed E-state index contributed by atoms with van der Waals surface area (Å²) in [5, 5.41) is 5.72. The molecule has 0 unspecified atom stereocenters. The number of nitrogens with zero attached hydrogens (tertiary/aromatic N) is 1.